The second-order valence-corrected chi connectivity index (χ2v) is 6.77. The van der Waals surface area contributed by atoms with Crippen LogP contribution < -0.4 is 5.32 Å². The number of carbonyl (C=O) groups excluding carboxylic acids is 2. The fourth-order valence-electron chi connectivity index (χ4n) is 1.98. The first-order chi connectivity index (χ1) is 9.61. The van der Waals surface area contributed by atoms with E-state index in [1.165, 1.54) is 0 Å². The fourth-order valence-corrected chi connectivity index (χ4v) is 1.98. The summed E-state index contributed by atoms with van der Waals surface area (Å²) in [4.78, 5) is 26.5. The minimum atomic E-state index is -0.764. The molecule has 1 unspecified atom stereocenters. The molecule has 0 aromatic heterocycles. The predicted octanol–water partition coefficient (Wildman–Crippen LogP) is 2.06. The average Bonchev–Trinajstić information content (AvgIpc) is 2.32. The van der Waals surface area contributed by atoms with Crippen molar-refractivity contribution in [1.29, 1.82) is 0 Å². The Morgan fingerprint density at radius 3 is 2.24 bits per heavy atom. The molecule has 0 spiro atoms. The fraction of sp³-hybridized carbons (Fsp3) is 0.875. The van der Waals surface area contributed by atoms with Crippen LogP contribution in [0.5, 0.6) is 0 Å². The van der Waals surface area contributed by atoms with Crippen LogP contribution >= 0.6 is 0 Å². The summed E-state index contributed by atoms with van der Waals surface area (Å²) < 4.78 is 5.02. The molecule has 0 saturated carbocycles. The van der Waals surface area contributed by atoms with E-state index in [9.17, 15) is 9.59 Å². The van der Waals surface area contributed by atoms with Gasteiger partial charge in [0.1, 0.15) is 5.92 Å². The number of amides is 1. The largest absolute Gasteiger partial charge is 0.465 e. The molecule has 124 valence electrons. The molecule has 0 rings (SSSR count). The molecule has 0 aromatic carbocycles. The molecule has 1 amide bonds. The molecular formula is C16H32N2O3. The molecule has 0 bridgehead atoms. The molecule has 0 aliphatic rings. The van der Waals surface area contributed by atoms with Gasteiger partial charge in [-0.15, -0.1) is 0 Å². The standard InChI is InChI=1S/C16H32N2O3/c1-8-21-15(20)13(16(4,5)6)14(19)17-10-9-11-18(7)12(2)3/h12-13H,8-11H2,1-7H3,(H,17,19). The van der Waals surface area contributed by atoms with E-state index in [2.05, 4.69) is 31.1 Å². The van der Waals surface area contributed by atoms with Gasteiger partial charge < -0.3 is 15.0 Å². The normalized spacial score (nSPS) is 13.4. The molecule has 0 aliphatic heterocycles. The first kappa shape index (κ1) is 19.9. The van der Waals surface area contributed by atoms with Gasteiger partial charge in [-0.2, -0.15) is 0 Å². The van der Waals surface area contributed by atoms with Gasteiger partial charge in [0.05, 0.1) is 6.61 Å². The molecule has 1 atom stereocenters. The molecular weight excluding hydrogens is 268 g/mol. The number of esters is 1. The summed E-state index contributed by atoms with van der Waals surface area (Å²) in [7, 11) is 2.06. The van der Waals surface area contributed by atoms with E-state index in [1.807, 2.05) is 20.8 Å². The summed E-state index contributed by atoms with van der Waals surface area (Å²) >= 11 is 0. The van der Waals surface area contributed by atoms with Gasteiger partial charge in [-0.3, -0.25) is 9.59 Å². The third-order valence-corrected chi connectivity index (χ3v) is 3.52. The Morgan fingerprint density at radius 2 is 1.81 bits per heavy atom. The lowest BCUT2D eigenvalue weighted by Gasteiger charge is -2.28. The molecule has 0 saturated heterocycles. The van der Waals surface area contributed by atoms with Gasteiger partial charge >= 0.3 is 5.97 Å². The van der Waals surface area contributed by atoms with Crippen molar-refractivity contribution in [3.05, 3.63) is 0 Å². The molecule has 0 aromatic rings. The van der Waals surface area contributed by atoms with Crippen molar-refractivity contribution in [1.82, 2.24) is 10.2 Å². The van der Waals surface area contributed by atoms with E-state index < -0.39 is 17.3 Å². The maximum Gasteiger partial charge on any atom is 0.319 e. The summed E-state index contributed by atoms with van der Waals surface area (Å²) in [5.41, 5.74) is -0.453. The van der Waals surface area contributed by atoms with Crippen molar-refractivity contribution in [3.8, 4) is 0 Å². The number of ether oxygens (including phenoxy) is 1. The van der Waals surface area contributed by atoms with E-state index in [0.29, 0.717) is 12.6 Å². The van der Waals surface area contributed by atoms with E-state index in [4.69, 9.17) is 4.74 Å². The van der Waals surface area contributed by atoms with Gasteiger partial charge in [0.25, 0.3) is 0 Å². The van der Waals surface area contributed by atoms with Crippen molar-refractivity contribution in [2.45, 2.75) is 54.0 Å². The Labute approximate surface area is 129 Å². The van der Waals surface area contributed by atoms with E-state index in [1.54, 1.807) is 6.92 Å². The van der Waals surface area contributed by atoms with Gasteiger partial charge in [-0.05, 0) is 46.2 Å². The van der Waals surface area contributed by atoms with E-state index >= 15 is 0 Å². The van der Waals surface area contributed by atoms with Gasteiger partial charge in [-0.1, -0.05) is 20.8 Å². The summed E-state index contributed by atoms with van der Waals surface area (Å²) in [6.45, 7) is 13.4. The topological polar surface area (TPSA) is 58.6 Å². The van der Waals surface area contributed by atoms with Gasteiger partial charge in [-0.25, -0.2) is 0 Å². The maximum atomic E-state index is 12.3. The van der Waals surface area contributed by atoms with Crippen LogP contribution in [-0.2, 0) is 14.3 Å². The summed E-state index contributed by atoms with van der Waals surface area (Å²) in [6.07, 6.45) is 0.861. The van der Waals surface area contributed by atoms with E-state index in [0.717, 1.165) is 13.0 Å². The Hall–Kier alpha value is -1.10. The van der Waals surface area contributed by atoms with Gasteiger partial charge in [0.2, 0.25) is 5.91 Å². The number of rotatable bonds is 8. The molecule has 0 heterocycles. The quantitative estimate of drug-likeness (QED) is 0.423. The lowest BCUT2D eigenvalue weighted by molar-refractivity contribution is -0.156. The monoisotopic (exact) mass is 300 g/mol. The molecule has 0 radical (unpaired) electrons. The Bertz CT molecular complexity index is 335. The second-order valence-electron chi connectivity index (χ2n) is 6.77. The van der Waals surface area contributed by atoms with Crippen molar-refractivity contribution in [2.75, 3.05) is 26.7 Å². The van der Waals surface area contributed by atoms with Gasteiger partial charge in [0, 0.05) is 12.6 Å². The van der Waals surface area contributed by atoms with Gasteiger partial charge in [0.15, 0.2) is 0 Å². The predicted molar refractivity (Wildman–Crippen MR) is 85.0 cm³/mol. The second kappa shape index (κ2) is 9.03. The highest BCUT2D eigenvalue weighted by Crippen LogP contribution is 2.27. The SMILES string of the molecule is CCOC(=O)C(C(=O)NCCCN(C)C(C)C)C(C)(C)C. The Balaban J connectivity index is 4.40. The highest BCUT2D eigenvalue weighted by atomic mass is 16.5. The molecule has 5 nitrogen and oxygen atoms in total. The molecule has 5 heteroatoms. The number of nitrogens with zero attached hydrogens (tertiary/aromatic N) is 1. The zero-order valence-corrected chi connectivity index (χ0v) is 14.7. The number of hydrogen-bond donors (Lipinski definition) is 1. The number of nitrogens with one attached hydrogen (secondary N) is 1. The van der Waals surface area contributed by atoms with Crippen LogP contribution in [0, 0.1) is 11.3 Å². The summed E-state index contributed by atoms with van der Waals surface area (Å²) in [5.74, 6) is -1.45. The molecule has 21 heavy (non-hydrogen) atoms. The van der Waals surface area contributed by atoms with E-state index in [-0.39, 0.29) is 12.5 Å². The highest BCUT2D eigenvalue weighted by molar-refractivity contribution is 5.98. The van der Waals surface area contributed by atoms with Crippen LogP contribution in [0.25, 0.3) is 0 Å². The lowest BCUT2D eigenvalue weighted by Crippen LogP contribution is -2.44. The van der Waals surface area contributed by atoms with Crippen LogP contribution in [0.3, 0.4) is 0 Å². The molecule has 1 N–H and O–H groups in total. The number of hydrogen-bond acceptors (Lipinski definition) is 4. The maximum absolute atomic E-state index is 12.3. The molecule has 0 fully saturated rings. The minimum absolute atomic E-state index is 0.242. The van der Waals surface area contributed by atoms with Crippen LogP contribution in [0.1, 0.15) is 48.0 Å². The van der Waals surface area contributed by atoms with Crippen molar-refractivity contribution in [2.24, 2.45) is 11.3 Å². The zero-order chi connectivity index (χ0) is 16.6. The molecule has 0 aliphatic carbocycles. The Kier molecular flexibility index (Phi) is 8.55. The van der Waals surface area contributed by atoms with Crippen molar-refractivity contribution >= 4 is 11.9 Å². The van der Waals surface area contributed by atoms with Crippen molar-refractivity contribution < 1.29 is 14.3 Å². The average molecular weight is 300 g/mol. The summed E-state index contributed by atoms with van der Waals surface area (Å²) in [5, 5.41) is 2.86. The van der Waals surface area contributed by atoms with Crippen LogP contribution in [-0.4, -0.2) is 49.6 Å². The smallest absolute Gasteiger partial charge is 0.319 e. The number of carbonyl (C=O) groups is 2. The minimum Gasteiger partial charge on any atom is -0.465 e. The summed E-state index contributed by atoms with van der Waals surface area (Å²) in [6, 6.07) is 0.488. The third-order valence-electron chi connectivity index (χ3n) is 3.52. The van der Waals surface area contributed by atoms with Crippen LogP contribution in [0.15, 0.2) is 0 Å². The first-order valence-electron chi connectivity index (χ1n) is 7.75. The van der Waals surface area contributed by atoms with Crippen LogP contribution in [0.4, 0.5) is 0 Å². The third kappa shape index (κ3) is 7.46. The van der Waals surface area contributed by atoms with Crippen molar-refractivity contribution in [3.63, 3.8) is 0 Å². The Morgan fingerprint density at radius 1 is 1.24 bits per heavy atom. The van der Waals surface area contributed by atoms with Crippen LogP contribution in [0.2, 0.25) is 0 Å². The zero-order valence-electron chi connectivity index (χ0n) is 14.7. The highest BCUT2D eigenvalue weighted by Gasteiger charge is 2.38. The first-order valence-corrected chi connectivity index (χ1v) is 7.75. The lowest BCUT2D eigenvalue weighted by atomic mass is 9.80.